The van der Waals surface area contributed by atoms with Crippen molar-refractivity contribution >= 4 is 22.6 Å². The number of halogens is 1. The van der Waals surface area contributed by atoms with Gasteiger partial charge >= 0.3 is 0 Å². The van der Waals surface area contributed by atoms with Crippen molar-refractivity contribution in [3.63, 3.8) is 0 Å². The van der Waals surface area contributed by atoms with Crippen molar-refractivity contribution in [2.75, 3.05) is 31.6 Å². The van der Waals surface area contributed by atoms with E-state index in [2.05, 4.69) is 10.3 Å². The highest BCUT2D eigenvalue weighted by Crippen LogP contribution is 2.37. The lowest BCUT2D eigenvalue weighted by Gasteiger charge is -2.29. The number of ether oxygens (including phenoxy) is 1. The largest absolute Gasteiger partial charge is 0.494 e. The number of amides is 1. The van der Waals surface area contributed by atoms with Crippen LogP contribution in [-0.4, -0.2) is 47.6 Å². The molecule has 1 aliphatic rings. The Labute approximate surface area is 183 Å². The zero-order valence-corrected chi connectivity index (χ0v) is 17.4. The topological polar surface area (TPSA) is 80.2 Å². The summed E-state index contributed by atoms with van der Waals surface area (Å²) in [6.07, 6.45) is 3.39. The third kappa shape index (κ3) is 3.71. The van der Waals surface area contributed by atoms with Gasteiger partial charge in [0.2, 0.25) is 5.91 Å². The molecule has 0 spiro atoms. The smallest absolute Gasteiger partial charge is 0.239 e. The van der Waals surface area contributed by atoms with Crippen LogP contribution in [0.5, 0.6) is 5.75 Å². The molecule has 0 atom stereocenters. The average Bonchev–Trinajstić information content (AvgIpc) is 2.83. The van der Waals surface area contributed by atoms with Crippen molar-refractivity contribution < 1.29 is 13.9 Å². The number of benzene rings is 2. The molecule has 8 heteroatoms. The molecule has 5 rings (SSSR count). The molecular weight excluding hydrogens is 409 g/mol. The summed E-state index contributed by atoms with van der Waals surface area (Å²) < 4.78 is 19.1. The lowest BCUT2D eigenvalue weighted by Crippen LogP contribution is -2.48. The normalized spacial score (nSPS) is 13.8. The summed E-state index contributed by atoms with van der Waals surface area (Å²) in [5.74, 6) is 1.35. The van der Waals surface area contributed by atoms with E-state index in [1.807, 2.05) is 29.2 Å². The molecule has 1 saturated heterocycles. The Bertz CT molecular complexity index is 1300. The van der Waals surface area contributed by atoms with Crippen LogP contribution >= 0.6 is 0 Å². The number of rotatable bonds is 4. The van der Waals surface area contributed by atoms with E-state index in [0.29, 0.717) is 36.0 Å². The van der Waals surface area contributed by atoms with Gasteiger partial charge in [0.15, 0.2) is 5.82 Å². The van der Waals surface area contributed by atoms with Crippen LogP contribution in [0.3, 0.4) is 0 Å². The number of hydrogen-bond acceptors (Lipinski definition) is 6. The van der Waals surface area contributed by atoms with Crippen molar-refractivity contribution in [2.24, 2.45) is 0 Å². The van der Waals surface area contributed by atoms with Gasteiger partial charge in [-0.15, -0.1) is 0 Å². The fraction of sp³-hybridized carbons (Fsp3) is 0.167. The summed E-state index contributed by atoms with van der Waals surface area (Å²) in [5.41, 5.74) is 3.08. The van der Waals surface area contributed by atoms with Crippen LogP contribution in [0, 0.1) is 5.82 Å². The quantitative estimate of drug-likeness (QED) is 0.535. The lowest BCUT2D eigenvalue weighted by molar-refractivity contribution is -0.120. The molecule has 0 saturated carbocycles. The first kappa shape index (κ1) is 19.9. The molecule has 0 aliphatic carbocycles. The molecule has 160 valence electrons. The van der Waals surface area contributed by atoms with Crippen LogP contribution in [0.2, 0.25) is 0 Å². The molecule has 4 aromatic rings. The van der Waals surface area contributed by atoms with Crippen LogP contribution in [0.1, 0.15) is 0 Å². The Morgan fingerprint density at radius 3 is 2.62 bits per heavy atom. The summed E-state index contributed by atoms with van der Waals surface area (Å²) in [5, 5.41) is 3.60. The predicted octanol–water partition coefficient (Wildman–Crippen LogP) is 3.44. The SMILES string of the molecule is COc1cc(-c2ccc(F)cc2)cc2c(N3CCNC(=O)C3)nc(-c3cccnc3)nc12. The fourth-order valence-electron chi connectivity index (χ4n) is 3.83. The van der Waals surface area contributed by atoms with E-state index >= 15 is 0 Å². The fourth-order valence-corrected chi connectivity index (χ4v) is 3.83. The van der Waals surface area contributed by atoms with Crippen molar-refractivity contribution in [2.45, 2.75) is 0 Å². The Hall–Kier alpha value is -4.07. The van der Waals surface area contributed by atoms with Gasteiger partial charge in [-0.3, -0.25) is 9.78 Å². The second-order valence-corrected chi connectivity index (χ2v) is 7.47. The second kappa shape index (κ2) is 8.22. The predicted molar refractivity (Wildman–Crippen MR) is 120 cm³/mol. The van der Waals surface area contributed by atoms with E-state index in [1.165, 1.54) is 12.1 Å². The van der Waals surface area contributed by atoms with E-state index in [9.17, 15) is 9.18 Å². The van der Waals surface area contributed by atoms with Crippen LogP contribution in [-0.2, 0) is 4.79 Å². The van der Waals surface area contributed by atoms with Gasteiger partial charge in [-0.2, -0.15) is 0 Å². The molecule has 1 fully saturated rings. The Balaban J connectivity index is 1.76. The van der Waals surface area contributed by atoms with E-state index in [0.717, 1.165) is 22.1 Å². The summed E-state index contributed by atoms with van der Waals surface area (Å²) in [4.78, 5) is 27.8. The Morgan fingerprint density at radius 2 is 1.91 bits per heavy atom. The zero-order chi connectivity index (χ0) is 22.1. The summed E-state index contributed by atoms with van der Waals surface area (Å²) >= 11 is 0. The zero-order valence-electron chi connectivity index (χ0n) is 17.4. The maximum Gasteiger partial charge on any atom is 0.239 e. The van der Waals surface area contributed by atoms with Crippen LogP contribution in [0.25, 0.3) is 33.4 Å². The molecule has 0 radical (unpaired) electrons. The van der Waals surface area contributed by atoms with Gasteiger partial charge in [0.1, 0.15) is 22.9 Å². The van der Waals surface area contributed by atoms with E-state index in [-0.39, 0.29) is 18.3 Å². The highest BCUT2D eigenvalue weighted by Gasteiger charge is 2.23. The number of nitrogens with one attached hydrogen (secondary N) is 1. The van der Waals surface area contributed by atoms with Gasteiger partial charge in [-0.05, 0) is 47.5 Å². The molecule has 3 heterocycles. The molecule has 2 aromatic carbocycles. The summed E-state index contributed by atoms with van der Waals surface area (Å²) in [6, 6.07) is 13.8. The van der Waals surface area contributed by atoms with Crippen molar-refractivity contribution in [1.29, 1.82) is 0 Å². The van der Waals surface area contributed by atoms with Gasteiger partial charge in [0.05, 0.1) is 13.7 Å². The number of aromatic nitrogens is 3. The van der Waals surface area contributed by atoms with Gasteiger partial charge in [-0.1, -0.05) is 12.1 Å². The minimum absolute atomic E-state index is 0.0624. The molecule has 1 N–H and O–H groups in total. The molecular formula is C24H20FN5O2. The summed E-state index contributed by atoms with van der Waals surface area (Å²) in [7, 11) is 1.59. The molecule has 7 nitrogen and oxygen atoms in total. The first-order valence-corrected chi connectivity index (χ1v) is 10.2. The molecule has 1 amide bonds. The Morgan fingerprint density at radius 1 is 1.06 bits per heavy atom. The first-order valence-electron chi connectivity index (χ1n) is 10.2. The highest BCUT2D eigenvalue weighted by atomic mass is 19.1. The number of anilines is 1. The Kier molecular flexibility index (Phi) is 5.10. The molecule has 32 heavy (non-hydrogen) atoms. The van der Waals surface area contributed by atoms with Gasteiger partial charge in [0, 0.05) is 36.4 Å². The standard InChI is InChI=1S/C24H20FN5O2/c1-32-20-12-17(15-4-6-18(25)7-5-15)11-19-22(20)28-23(16-3-2-8-26-13-16)29-24(19)30-10-9-27-21(31)14-30/h2-8,11-13H,9-10,14H2,1H3,(H,27,31). The van der Waals surface area contributed by atoms with Crippen LogP contribution in [0.4, 0.5) is 10.2 Å². The monoisotopic (exact) mass is 429 g/mol. The number of methoxy groups -OCH3 is 1. The molecule has 1 aliphatic heterocycles. The molecule has 0 bridgehead atoms. The summed E-state index contributed by atoms with van der Waals surface area (Å²) in [6.45, 7) is 1.34. The van der Waals surface area contributed by atoms with Gasteiger partial charge in [-0.25, -0.2) is 14.4 Å². The molecule has 0 unspecified atom stereocenters. The lowest BCUT2D eigenvalue weighted by atomic mass is 10.0. The molecule has 2 aromatic heterocycles. The van der Waals surface area contributed by atoms with Crippen LogP contribution in [0.15, 0.2) is 60.9 Å². The maximum absolute atomic E-state index is 13.5. The number of fused-ring (bicyclic) bond motifs is 1. The minimum Gasteiger partial charge on any atom is -0.494 e. The minimum atomic E-state index is -0.300. The van der Waals surface area contributed by atoms with Crippen molar-refractivity contribution in [1.82, 2.24) is 20.3 Å². The number of carbonyl (C=O) groups is 1. The van der Waals surface area contributed by atoms with Gasteiger partial charge < -0.3 is 15.0 Å². The number of hydrogen-bond donors (Lipinski definition) is 1. The first-order chi connectivity index (χ1) is 15.6. The number of nitrogens with zero attached hydrogens (tertiary/aromatic N) is 4. The second-order valence-electron chi connectivity index (χ2n) is 7.47. The van der Waals surface area contributed by atoms with E-state index < -0.39 is 0 Å². The van der Waals surface area contributed by atoms with Crippen molar-refractivity contribution in [3.05, 3.63) is 66.7 Å². The third-order valence-electron chi connectivity index (χ3n) is 5.40. The van der Waals surface area contributed by atoms with E-state index in [4.69, 9.17) is 14.7 Å². The third-order valence-corrected chi connectivity index (χ3v) is 5.40. The number of piperazine rings is 1. The van der Waals surface area contributed by atoms with Gasteiger partial charge in [0.25, 0.3) is 0 Å². The maximum atomic E-state index is 13.5. The highest BCUT2D eigenvalue weighted by molar-refractivity contribution is 5.99. The number of carbonyl (C=O) groups excluding carboxylic acids is 1. The van der Waals surface area contributed by atoms with Crippen LogP contribution < -0.4 is 15.0 Å². The van der Waals surface area contributed by atoms with E-state index in [1.54, 1.807) is 31.6 Å². The number of pyridine rings is 1. The average molecular weight is 429 g/mol. The van der Waals surface area contributed by atoms with Crippen molar-refractivity contribution in [3.8, 4) is 28.3 Å².